The summed E-state index contributed by atoms with van der Waals surface area (Å²) in [5, 5.41) is 10.1. The Morgan fingerprint density at radius 1 is 1.18 bits per heavy atom. The highest BCUT2D eigenvalue weighted by Crippen LogP contribution is 2.22. The van der Waals surface area contributed by atoms with Crippen LogP contribution in [0.15, 0.2) is 46.8 Å². The minimum Gasteiger partial charge on any atom is -0.363 e. The highest BCUT2D eigenvalue weighted by molar-refractivity contribution is 14.0. The first-order chi connectivity index (χ1) is 13.1. The average molecular weight is 509 g/mol. The van der Waals surface area contributed by atoms with Gasteiger partial charge in [0.15, 0.2) is 5.96 Å². The SMILES string of the molecule is CCNC(=NCc1cc(N(C)C)nc2ccccc12)NCc1sccc1C.I. The molecule has 2 heterocycles. The zero-order valence-electron chi connectivity index (χ0n) is 16.8. The number of nitrogens with one attached hydrogen (secondary N) is 2. The van der Waals surface area contributed by atoms with Crippen LogP contribution in [0.3, 0.4) is 0 Å². The van der Waals surface area contributed by atoms with E-state index in [1.807, 2.05) is 25.1 Å². The van der Waals surface area contributed by atoms with Gasteiger partial charge in [-0.05, 0) is 48.6 Å². The van der Waals surface area contributed by atoms with Crippen molar-refractivity contribution in [1.29, 1.82) is 0 Å². The fourth-order valence-electron chi connectivity index (χ4n) is 2.85. The van der Waals surface area contributed by atoms with Crippen molar-refractivity contribution in [3.8, 4) is 0 Å². The molecule has 3 aromatic rings. The molecule has 0 saturated carbocycles. The van der Waals surface area contributed by atoms with Crippen molar-refractivity contribution in [2.75, 3.05) is 25.5 Å². The number of anilines is 1. The van der Waals surface area contributed by atoms with Crippen molar-refractivity contribution in [1.82, 2.24) is 15.6 Å². The molecule has 0 radical (unpaired) electrons. The van der Waals surface area contributed by atoms with Gasteiger partial charge in [0.2, 0.25) is 0 Å². The van der Waals surface area contributed by atoms with Crippen molar-refractivity contribution >= 4 is 58.0 Å². The van der Waals surface area contributed by atoms with E-state index in [1.165, 1.54) is 16.0 Å². The number of rotatable bonds is 6. The number of guanidine groups is 1. The number of halogens is 1. The largest absolute Gasteiger partial charge is 0.363 e. The Morgan fingerprint density at radius 3 is 2.64 bits per heavy atom. The first kappa shape index (κ1) is 22.4. The van der Waals surface area contributed by atoms with Crippen molar-refractivity contribution in [2.24, 2.45) is 4.99 Å². The molecule has 3 rings (SSSR count). The van der Waals surface area contributed by atoms with Gasteiger partial charge in [-0.1, -0.05) is 18.2 Å². The molecular formula is C21H28IN5S. The van der Waals surface area contributed by atoms with Crippen LogP contribution in [0, 0.1) is 6.92 Å². The molecule has 0 fully saturated rings. The predicted octanol–water partition coefficient (Wildman–Crippen LogP) is 4.54. The number of nitrogens with zero attached hydrogens (tertiary/aromatic N) is 3. The Kier molecular flexibility index (Phi) is 8.50. The molecule has 2 aromatic heterocycles. The second-order valence-corrected chi connectivity index (χ2v) is 7.63. The zero-order valence-corrected chi connectivity index (χ0v) is 20.0. The Hall–Kier alpha value is -1.87. The molecule has 0 aliphatic carbocycles. The smallest absolute Gasteiger partial charge is 0.191 e. The average Bonchev–Trinajstić information content (AvgIpc) is 3.08. The lowest BCUT2D eigenvalue weighted by Gasteiger charge is -2.15. The standard InChI is InChI=1S/C21H27N5S.HI/c1-5-22-21(24-14-19-15(2)10-11-27-19)23-13-16-12-20(26(3)4)25-18-9-7-6-8-17(16)18;/h6-12H,5,13-14H2,1-4H3,(H2,22,23,24);1H. The topological polar surface area (TPSA) is 52.6 Å². The van der Waals surface area contributed by atoms with Crippen molar-refractivity contribution in [3.05, 3.63) is 57.8 Å². The number of hydrogen-bond acceptors (Lipinski definition) is 4. The van der Waals surface area contributed by atoms with Crippen molar-refractivity contribution in [2.45, 2.75) is 26.9 Å². The maximum atomic E-state index is 4.82. The number of thiophene rings is 1. The van der Waals surface area contributed by atoms with Gasteiger partial charge in [0.25, 0.3) is 0 Å². The molecule has 0 unspecified atom stereocenters. The number of pyridine rings is 1. The van der Waals surface area contributed by atoms with E-state index in [0.29, 0.717) is 6.54 Å². The van der Waals surface area contributed by atoms with Crippen LogP contribution in [-0.4, -0.2) is 31.6 Å². The molecule has 0 saturated heterocycles. The molecule has 0 atom stereocenters. The van der Waals surface area contributed by atoms with Crippen LogP contribution in [-0.2, 0) is 13.1 Å². The van der Waals surface area contributed by atoms with Crippen LogP contribution in [0.2, 0.25) is 0 Å². The summed E-state index contributed by atoms with van der Waals surface area (Å²) in [4.78, 5) is 12.9. The summed E-state index contributed by atoms with van der Waals surface area (Å²) in [7, 11) is 4.03. The highest BCUT2D eigenvalue weighted by atomic mass is 127. The monoisotopic (exact) mass is 509 g/mol. The summed E-state index contributed by atoms with van der Waals surface area (Å²) in [6.45, 7) is 6.44. The Bertz CT molecular complexity index is 935. The summed E-state index contributed by atoms with van der Waals surface area (Å²) in [5.41, 5.74) is 3.49. The molecule has 0 spiro atoms. The zero-order chi connectivity index (χ0) is 19.2. The number of aryl methyl sites for hydroxylation is 1. The summed E-state index contributed by atoms with van der Waals surface area (Å²) >= 11 is 1.77. The first-order valence-corrected chi connectivity index (χ1v) is 10.1. The van der Waals surface area contributed by atoms with E-state index >= 15 is 0 Å². The van der Waals surface area contributed by atoms with Gasteiger partial charge >= 0.3 is 0 Å². The number of aliphatic imine (C=N–C) groups is 1. The lowest BCUT2D eigenvalue weighted by molar-refractivity contribution is 0.821. The van der Waals surface area contributed by atoms with Crippen LogP contribution in [0.5, 0.6) is 0 Å². The molecule has 2 N–H and O–H groups in total. The second kappa shape index (κ2) is 10.6. The Balaban J connectivity index is 0.00000280. The quantitative estimate of drug-likeness (QED) is 0.291. The van der Waals surface area contributed by atoms with Gasteiger partial charge in [-0.2, -0.15) is 0 Å². The summed E-state index contributed by atoms with van der Waals surface area (Å²) in [6.07, 6.45) is 0. The van der Waals surface area contributed by atoms with Gasteiger partial charge in [-0.3, -0.25) is 0 Å². The molecule has 28 heavy (non-hydrogen) atoms. The van der Waals surface area contributed by atoms with Gasteiger partial charge in [-0.25, -0.2) is 9.98 Å². The van der Waals surface area contributed by atoms with E-state index in [0.717, 1.165) is 35.8 Å². The van der Waals surface area contributed by atoms with Crippen molar-refractivity contribution < 1.29 is 0 Å². The van der Waals surface area contributed by atoms with E-state index in [2.05, 4.69) is 60.2 Å². The van der Waals surface area contributed by atoms with Crippen molar-refractivity contribution in [3.63, 3.8) is 0 Å². The van der Waals surface area contributed by atoms with E-state index in [9.17, 15) is 0 Å². The minimum atomic E-state index is 0. The molecule has 150 valence electrons. The third-order valence-corrected chi connectivity index (χ3v) is 5.41. The van der Waals surface area contributed by atoms with E-state index in [1.54, 1.807) is 11.3 Å². The molecule has 0 aliphatic rings. The normalized spacial score (nSPS) is 11.2. The number of fused-ring (bicyclic) bond motifs is 1. The molecule has 0 bridgehead atoms. The summed E-state index contributed by atoms with van der Waals surface area (Å²) in [5.74, 6) is 1.78. The third kappa shape index (κ3) is 5.57. The molecule has 7 heteroatoms. The lowest BCUT2D eigenvalue weighted by atomic mass is 10.1. The van der Waals surface area contributed by atoms with Crippen LogP contribution in [0.1, 0.15) is 22.9 Å². The maximum absolute atomic E-state index is 4.82. The fourth-order valence-corrected chi connectivity index (χ4v) is 3.69. The molecule has 5 nitrogen and oxygen atoms in total. The highest BCUT2D eigenvalue weighted by Gasteiger charge is 2.08. The lowest BCUT2D eigenvalue weighted by Crippen LogP contribution is -2.36. The third-order valence-electron chi connectivity index (χ3n) is 4.38. The second-order valence-electron chi connectivity index (χ2n) is 6.63. The maximum Gasteiger partial charge on any atom is 0.191 e. The van der Waals surface area contributed by atoms with E-state index < -0.39 is 0 Å². The van der Waals surface area contributed by atoms with E-state index in [4.69, 9.17) is 9.98 Å². The number of aromatic nitrogens is 1. The predicted molar refractivity (Wildman–Crippen MR) is 132 cm³/mol. The molecule has 0 amide bonds. The number of hydrogen-bond donors (Lipinski definition) is 2. The number of benzene rings is 1. The van der Waals surface area contributed by atoms with Gasteiger partial charge in [0, 0.05) is 30.9 Å². The van der Waals surface area contributed by atoms with E-state index in [-0.39, 0.29) is 24.0 Å². The first-order valence-electron chi connectivity index (χ1n) is 9.19. The summed E-state index contributed by atoms with van der Waals surface area (Å²) in [6, 6.07) is 12.5. The minimum absolute atomic E-state index is 0. The van der Waals surface area contributed by atoms with Crippen LogP contribution >= 0.6 is 35.3 Å². The Labute approximate surface area is 188 Å². The van der Waals surface area contributed by atoms with Crippen LogP contribution in [0.4, 0.5) is 5.82 Å². The molecule has 0 aliphatic heterocycles. The van der Waals surface area contributed by atoms with Gasteiger partial charge in [0.05, 0.1) is 18.6 Å². The molecular weight excluding hydrogens is 481 g/mol. The van der Waals surface area contributed by atoms with Gasteiger partial charge in [0.1, 0.15) is 5.82 Å². The Morgan fingerprint density at radius 2 is 1.96 bits per heavy atom. The van der Waals surface area contributed by atoms with Crippen LogP contribution < -0.4 is 15.5 Å². The van der Waals surface area contributed by atoms with Gasteiger partial charge < -0.3 is 15.5 Å². The summed E-state index contributed by atoms with van der Waals surface area (Å²) < 4.78 is 0. The molecule has 1 aromatic carbocycles. The number of para-hydroxylation sites is 1. The van der Waals surface area contributed by atoms with Crippen LogP contribution in [0.25, 0.3) is 10.9 Å². The fraction of sp³-hybridized carbons (Fsp3) is 0.333. The van der Waals surface area contributed by atoms with Gasteiger partial charge in [-0.15, -0.1) is 35.3 Å².